The summed E-state index contributed by atoms with van der Waals surface area (Å²) in [5, 5.41) is 0. The van der Waals surface area contributed by atoms with E-state index in [2.05, 4.69) is 26.0 Å². The average molecular weight is 473 g/mol. The van der Waals surface area contributed by atoms with Gasteiger partial charge in [-0.3, -0.25) is 0 Å². The minimum absolute atomic E-state index is 0.00875. The first kappa shape index (κ1) is 31.9. The van der Waals surface area contributed by atoms with Crippen LogP contribution in [0.1, 0.15) is 149 Å². The van der Waals surface area contributed by atoms with E-state index >= 15 is 0 Å². The third-order valence-corrected chi connectivity index (χ3v) is 6.35. The first-order chi connectivity index (χ1) is 15.8. The molecule has 32 heavy (non-hydrogen) atoms. The molecule has 0 unspecified atom stereocenters. The van der Waals surface area contributed by atoms with Crippen LogP contribution in [0.25, 0.3) is 0 Å². The molecule has 0 saturated carbocycles. The van der Waals surface area contributed by atoms with Gasteiger partial charge in [0.1, 0.15) is 0 Å². The fourth-order valence-corrected chi connectivity index (χ4v) is 4.10. The second kappa shape index (κ2) is 29.0. The van der Waals surface area contributed by atoms with E-state index in [4.69, 9.17) is 21.1 Å². The minimum Gasteiger partial charge on any atom is -0.353 e. The van der Waals surface area contributed by atoms with Gasteiger partial charge < -0.3 is 9.47 Å². The number of allylic oxidation sites excluding steroid dienone is 2. The molecule has 0 heterocycles. The summed E-state index contributed by atoms with van der Waals surface area (Å²) in [7, 11) is 0. The summed E-state index contributed by atoms with van der Waals surface area (Å²) in [6.07, 6.45) is 31.4. The first-order valence-corrected chi connectivity index (χ1v) is 14.8. The summed E-state index contributed by atoms with van der Waals surface area (Å²) in [6.45, 7) is 6.28. The van der Waals surface area contributed by atoms with E-state index < -0.39 is 0 Å². The van der Waals surface area contributed by atoms with Crippen molar-refractivity contribution >= 4 is 11.6 Å². The lowest BCUT2D eigenvalue weighted by Gasteiger charge is -2.19. The predicted molar refractivity (Wildman–Crippen MR) is 144 cm³/mol. The van der Waals surface area contributed by atoms with Crippen molar-refractivity contribution < 1.29 is 9.47 Å². The molecule has 0 bridgehead atoms. The van der Waals surface area contributed by atoms with E-state index in [0.717, 1.165) is 38.4 Å². The van der Waals surface area contributed by atoms with Gasteiger partial charge in [-0.15, -0.1) is 11.6 Å². The van der Waals surface area contributed by atoms with Crippen LogP contribution < -0.4 is 0 Å². The van der Waals surface area contributed by atoms with Crippen LogP contribution in [0.15, 0.2) is 12.2 Å². The Bertz CT molecular complexity index is 339. The Morgan fingerprint density at radius 3 is 1.47 bits per heavy atom. The van der Waals surface area contributed by atoms with Crippen molar-refractivity contribution in [3.63, 3.8) is 0 Å². The number of hydrogen-bond donors (Lipinski definition) is 0. The molecule has 0 aromatic carbocycles. The van der Waals surface area contributed by atoms with Gasteiger partial charge in [-0.05, 0) is 51.4 Å². The Hall–Kier alpha value is -0.0500. The number of ether oxygens (including phenoxy) is 2. The second-order valence-electron chi connectivity index (χ2n) is 9.35. The molecule has 0 fully saturated rings. The van der Waals surface area contributed by atoms with Gasteiger partial charge in [-0.2, -0.15) is 0 Å². The molecule has 0 aliphatic heterocycles. The summed E-state index contributed by atoms with van der Waals surface area (Å²) in [4.78, 5) is 0. The van der Waals surface area contributed by atoms with E-state index in [1.54, 1.807) is 0 Å². The minimum atomic E-state index is 0.00875. The van der Waals surface area contributed by atoms with Crippen LogP contribution in [0.5, 0.6) is 0 Å². The van der Waals surface area contributed by atoms with Crippen LogP contribution >= 0.6 is 11.6 Å². The van der Waals surface area contributed by atoms with Gasteiger partial charge in [0.2, 0.25) is 0 Å². The zero-order valence-electron chi connectivity index (χ0n) is 21.9. The van der Waals surface area contributed by atoms with Crippen LogP contribution in [0.4, 0.5) is 0 Å². The Balaban J connectivity index is 3.89. The summed E-state index contributed by atoms with van der Waals surface area (Å²) in [6, 6.07) is 0. The highest BCUT2D eigenvalue weighted by atomic mass is 35.5. The monoisotopic (exact) mass is 472 g/mol. The molecule has 0 aromatic heterocycles. The zero-order valence-corrected chi connectivity index (χ0v) is 22.7. The fourth-order valence-electron chi connectivity index (χ4n) is 3.94. The van der Waals surface area contributed by atoms with Gasteiger partial charge in [0.25, 0.3) is 0 Å². The fraction of sp³-hybridized carbons (Fsp3) is 0.931. The molecular weight excluding hydrogens is 416 g/mol. The molecule has 0 rings (SSSR count). The SMILES string of the molecule is CCCCCCCCCOC(CCCCC/C=C/CCCCl)OCCCCCCCCC. The molecule has 3 heteroatoms. The average Bonchev–Trinajstić information content (AvgIpc) is 2.80. The molecule has 0 aliphatic carbocycles. The van der Waals surface area contributed by atoms with Crippen molar-refractivity contribution in [3.8, 4) is 0 Å². The maximum atomic E-state index is 6.15. The van der Waals surface area contributed by atoms with Crippen molar-refractivity contribution in [3.05, 3.63) is 12.2 Å². The summed E-state index contributed by atoms with van der Waals surface area (Å²) in [5.41, 5.74) is 0. The molecule has 2 nitrogen and oxygen atoms in total. The van der Waals surface area contributed by atoms with Crippen LogP contribution in [-0.2, 0) is 9.47 Å². The van der Waals surface area contributed by atoms with Crippen molar-refractivity contribution in [1.29, 1.82) is 0 Å². The molecule has 0 amide bonds. The zero-order chi connectivity index (χ0) is 23.4. The highest BCUT2D eigenvalue weighted by Crippen LogP contribution is 2.14. The number of hydrogen-bond acceptors (Lipinski definition) is 2. The smallest absolute Gasteiger partial charge is 0.157 e. The number of halogens is 1. The van der Waals surface area contributed by atoms with Gasteiger partial charge >= 0.3 is 0 Å². The first-order valence-electron chi connectivity index (χ1n) is 14.3. The lowest BCUT2D eigenvalue weighted by atomic mass is 10.1. The van der Waals surface area contributed by atoms with Gasteiger partial charge in [0, 0.05) is 19.1 Å². The van der Waals surface area contributed by atoms with Crippen molar-refractivity contribution in [2.24, 2.45) is 0 Å². The lowest BCUT2D eigenvalue weighted by molar-refractivity contribution is -0.148. The van der Waals surface area contributed by atoms with Crippen molar-refractivity contribution in [2.75, 3.05) is 19.1 Å². The van der Waals surface area contributed by atoms with Gasteiger partial charge in [0.05, 0.1) is 0 Å². The highest BCUT2D eigenvalue weighted by molar-refractivity contribution is 6.17. The van der Waals surface area contributed by atoms with Gasteiger partial charge in [-0.25, -0.2) is 0 Å². The number of alkyl halides is 1. The van der Waals surface area contributed by atoms with E-state index in [-0.39, 0.29) is 6.29 Å². The Morgan fingerprint density at radius 1 is 0.531 bits per heavy atom. The molecule has 0 saturated heterocycles. The van der Waals surface area contributed by atoms with E-state index in [1.807, 2.05) is 0 Å². The van der Waals surface area contributed by atoms with Crippen LogP contribution in [-0.4, -0.2) is 25.4 Å². The maximum Gasteiger partial charge on any atom is 0.157 e. The third kappa shape index (κ3) is 26.2. The largest absolute Gasteiger partial charge is 0.353 e. The van der Waals surface area contributed by atoms with E-state index in [0.29, 0.717) is 0 Å². The van der Waals surface area contributed by atoms with Crippen LogP contribution in [0.3, 0.4) is 0 Å². The maximum absolute atomic E-state index is 6.15. The van der Waals surface area contributed by atoms with Gasteiger partial charge in [0.15, 0.2) is 6.29 Å². The molecule has 0 atom stereocenters. The standard InChI is InChI=1S/C29H57ClO2/c1-3-5-7-9-15-19-23-27-31-29(32-28-24-20-16-10-8-6-4-2)25-21-17-13-11-12-14-18-22-26-30/h12,14,29H,3-11,13,15-28H2,1-2H3/b14-12+. The van der Waals surface area contributed by atoms with Gasteiger partial charge in [-0.1, -0.05) is 109 Å². The van der Waals surface area contributed by atoms with E-state index in [1.165, 1.54) is 116 Å². The Kier molecular flexibility index (Phi) is 28.9. The van der Waals surface area contributed by atoms with Crippen LogP contribution in [0, 0.1) is 0 Å². The number of rotatable bonds is 27. The second-order valence-corrected chi connectivity index (χ2v) is 9.73. The quantitative estimate of drug-likeness (QED) is 0.0512. The van der Waals surface area contributed by atoms with Crippen molar-refractivity contribution in [2.45, 2.75) is 155 Å². The molecular formula is C29H57ClO2. The van der Waals surface area contributed by atoms with Crippen molar-refractivity contribution in [1.82, 2.24) is 0 Å². The molecule has 0 aromatic rings. The third-order valence-electron chi connectivity index (χ3n) is 6.08. The highest BCUT2D eigenvalue weighted by Gasteiger charge is 2.09. The molecule has 192 valence electrons. The molecule has 0 aliphatic rings. The topological polar surface area (TPSA) is 18.5 Å². The summed E-state index contributed by atoms with van der Waals surface area (Å²) in [5.74, 6) is 0.767. The normalized spacial score (nSPS) is 11.9. The Morgan fingerprint density at radius 2 is 0.969 bits per heavy atom. The number of unbranched alkanes of at least 4 members (excludes halogenated alkanes) is 16. The predicted octanol–water partition coefficient (Wildman–Crippen LogP) is 10.4. The molecule has 0 radical (unpaired) electrons. The summed E-state index contributed by atoms with van der Waals surface area (Å²) >= 11 is 5.71. The van der Waals surface area contributed by atoms with Crippen LogP contribution in [0.2, 0.25) is 0 Å². The van der Waals surface area contributed by atoms with E-state index in [9.17, 15) is 0 Å². The molecule has 0 N–H and O–H groups in total. The molecule has 0 spiro atoms. The summed E-state index contributed by atoms with van der Waals surface area (Å²) < 4.78 is 12.3. The lowest BCUT2D eigenvalue weighted by Crippen LogP contribution is -2.19. The Labute approximate surface area is 207 Å².